The Morgan fingerprint density at radius 3 is 2.18 bits per heavy atom. The van der Waals surface area contributed by atoms with Crippen molar-refractivity contribution >= 4 is 5.78 Å². The van der Waals surface area contributed by atoms with Crippen LogP contribution in [0.1, 0.15) is 50.0 Å². The Morgan fingerprint density at radius 2 is 1.68 bits per heavy atom. The van der Waals surface area contributed by atoms with Crippen LogP contribution in [0.2, 0.25) is 0 Å². The highest BCUT2D eigenvalue weighted by molar-refractivity contribution is 6.02. The molecule has 0 heterocycles. The van der Waals surface area contributed by atoms with Gasteiger partial charge >= 0.3 is 0 Å². The number of carbonyl (C=O) groups is 1. The number of hydrogen-bond donors (Lipinski definition) is 0. The maximum atomic E-state index is 12.2. The van der Waals surface area contributed by atoms with Crippen LogP contribution in [-0.2, 0) is 5.41 Å². The van der Waals surface area contributed by atoms with E-state index in [1.54, 1.807) is 7.11 Å². The van der Waals surface area contributed by atoms with Crippen LogP contribution in [0.4, 0.5) is 0 Å². The van der Waals surface area contributed by atoms with Gasteiger partial charge in [0.05, 0.1) is 7.11 Å². The molecule has 0 saturated carbocycles. The molecule has 0 aliphatic heterocycles. The van der Waals surface area contributed by atoms with Crippen LogP contribution in [0.25, 0.3) is 11.1 Å². The molecule has 0 aliphatic rings. The van der Waals surface area contributed by atoms with Gasteiger partial charge in [0.2, 0.25) is 0 Å². The second-order valence-corrected chi connectivity index (χ2v) is 6.52. The summed E-state index contributed by atoms with van der Waals surface area (Å²) < 4.78 is 5.25. The Morgan fingerprint density at radius 1 is 1.05 bits per heavy atom. The Labute approximate surface area is 133 Å². The predicted octanol–water partition coefficient (Wildman–Crippen LogP) is 5.25. The van der Waals surface area contributed by atoms with Gasteiger partial charge in [0.25, 0.3) is 0 Å². The molecule has 0 atom stereocenters. The first kappa shape index (κ1) is 16.3. The predicted molar refractivity (Wildman–Crippen MR) is 91.8 cm³/mol. The number of rotatable bonds is 4. The monoisotopic (exact) mass is 296 g/mol. The smallest absolute Gasteiger partial charge is 0.163 e. The van der Waals surface area contributed by atoms with E-state index in [2.05, 4.69) is 45.0 Å². The van der Waals surface area contributed by atoms with Gasteiger partial charge in [0.1, 0.15) is 5.75 Å². The molecule has 0 aliphatic carbocycles. The molecule has 2 rings (SSSR count). The Hall–Kier alpha value is -2.09. The third-order valence-electron chi connectivity index (χ3n) is 3.91. The minimum atomic E-state index is 0.126. The van der Waals surface area contributed by atoms with E-state index in [1.807, 2.05) is 25.1 Å². The first-order valence-corrected chi connectivity index (χ1v) is 7.69. The summed E-state index contributed by atoms with van der Waals surface area (Å²) in [7, 11) is 1.62. The molecule has 0 amide bonds. The van der Waals surface area contributed by atoms with Gasteiger partial charge in [-0.3, -0.25) is 4.79 Å². The van der Waals surface area contributed by atoms with Crippen molar-refractivity contribution in [2.24, 2.45) is 0 Å². The fourth-order valence-corrected chi connectivity index (χ4v) is 2.47. The summed E-state index contributed by atoms with van der Waals surface area (Å²) in [6, 6.07) is 14.2. The highest BCUT2D eigenvalue weighted by Gasteiger charge is 2.15. The molecule has 116 valence electrons. The van der Waals surface area contributed by atoms with E-state index in [0.29, 0.717) is 12.2 Å². The number of benzene rings is 2. The van der Waals surface area contributed by atoms with Gasteiger partial charge in [-0.1, -0.05) is 52.0 Å². The number of Topliss-reactive ketones (excluding diaryl/α,β-unsaturated/α-hetero) is 1. The van der Waals surface area contributed by atoms with Crippen LogP contribution in [0.15, 0.2) is 42.5 Å². The number of ether oxygens (including phenoxy) is 1. The molecule has 0 unspecified atom stereocenters. The normalized spacial score (nSPS) is 11.3. The summed E-state index contributed by atoms with van der Waals surface area (Å²) in [5.41, 5.74) is 4.17. The highest BCUT2D eigenvalue weighted by Crippen LogP contribution is 2.30. The maximum absolute atomic E-state index is 12.2. The van der Waals surface area contributed by atoms with Gasteiger partial charge in [-0.15, -0.1) is 0 Å². The molecule has 22 heavy (non-hydrogen) atoms. The molecule has 2 nitrogen and oxygen atoms in total. The van der Waals surface area contributed by atoms with Crippen molar-refractivity contribution in [3.8, 4) is 16.9 Å². The Bertz CT molecular complexity index is 661. The van der Waals surface area contributed by atoms with E-state index < -0.39 is 0 Å². The average molecular weight is 296 g/mol. The van der Waals surface area contributed by atoms with Crippen LogP contribution >= 0.6 is 0 Å². The van der Waals surface area contributed by atoms with Crippen molar-refractivity contribution in [3.05, 3.63) is 53.6 Å². The second kappa shape index (κ2) is 6.35. The molecule has 0 radical (unpaired) electrons. The summed E-state index contributed by atoms with van der Waals surface area (Å²) in [4.78, 5) is 12.2. The van der Waals surface area contributed by atoms with Crippen molar-refractivity contribution in [3.63, 3.8) is 0 Å². The topological polar surface area (TPSA) is 26.3 Å². The summed E-state index contributed by atoms with van der Waals surface area (Å²) in [6.07, 6.45) is 0.486. The molecule has 0 N–H and O–H groups in total. The van der Waals surface area contributed by atoms with Gasteiger partial charge in [-0.05, 0) is 40.3 Å². The molecule has 2 aromatic rings. The summed E-state index contributed by atoms with van der Waals surface area (Å²) >= 11 is 0. The van der Waals surface area contributed by atoms with Gasteiger partial charge in [0.15, 0.2) is 5.78 Å². The lowest BCUT2D eigenvalue weighted by Crippen LogP contribution is -2.10. The van der Waals surface area contributed by atoms with Crippen LogP contribution in [0.5, 0.6) is 5.75 Å². The quantitative estimate of drug-likeness (QED) is 0.720. The minimum absolute atomic E-state index is 0.126. The second-order valence-electron chi connectivity index (χ2n) is 6.52. The summed E-state index contributed by atoms with van der Waals surface area (Å²) in [5.74, 6) is 0.848. The number of methoxy groups -OCH3 is 1. The van der Waals surface area contributed by atoms with Crippen LogP contribution in [-0.4, -0.2) is 12.9 Å². The molecular formula is C20H24O2. The van der Waals surface area contributed by atoms with E-state index in [1.165, 1.54) is 5.56 Å². The van der Waals surface area contributed by atoms with Crippen LogP contribution in [0.3, 0.4) is 0 Å². The summed E-state index contributed by atoms with van der Waals surface area (Å²) in [5, 5.41) is 0. The first-order valence-electron chi connectivity index (χ1n) is 7.69. The molecule has 0 spiro atoms. The zero-order valence-corrected chi connectivity index (χ0v) is 14.1. The minimum Gasteiger partial charge on any atom is -0.497 e. The van der Waals surface area contributed by atoms with E-state index in [-0.39, 0.29) is 11.2 Å². The number of hydrogen-bond acceptors (Lipinski definition) is 2. The van der Waals surface area contributed by atoms with Gasteiger partial charge in [-0.25, -0.2) is 0 Å². The van der Waals surface area contributed by atoms with Crippen molar-refractivity contribution in [2.75, 3.05) is 7.11 Å². The maximum Gasteiger partial charge on any atom is 0.163 e. The lowest BCUT2D eigenvalue weighted by molar-refractivity contribution is 0.0988. The molecule has 0 bridgehead atoms. The van der Waals surface area contributed by atoms with Crippen molar-refractivity contribution < 1.29 is 9.53 Å². The lowest BCUT2D eigenvalue weighted by Gasteiger charge is -2.19. The average Bonchev–Trinajstić information content (AvgIpc) is 2.52. The molecule has 2 heteroatoms. The van der Waals surface area contributed by atoms with Crippen molar-refractivity contribution in [2.45, 2.75) is 39.5 Å². The first-order chi connectivity index (χ1) is 10.4. The van der Waals surface area contributed by atoms with Gasteiger partial charge in [-0.2, -0.15) is 0 Å². The van der Waals surface area contributed by atoms with Crippen molar-refractivity contribution in [1.29, 1.82) is 0 Å². The highest BCUT2D eigenvalue weighted by atomic mass is 16.5. The SMILES string of the molecule is CCC(=O)c1cc(OC)ccc1-c1ccc(C(C)(C)C)cc1. The molecule has 0 fully saturated rings. The molecule has 0 aromatic heterocycles. The third kappa shape index (κ3) is 3.38. The Balaban J connectivity index is 2.50. The summed E-state index contributed by atoms with van der Waals surface area (Å²) in [6.45, 7) is 8.47. The molecule has 2 aromatic carbocycles. The standard InChI is InChI=1S/C20H24O2/c1-6-19(21)18-13-16(22-5)11-12-17(18)14-7-9-15(10-8-14)20(2,3)4/h7-13H,6H2,1-5H3. The zero-order chi connectivity index (χ0) is 16.3. The van der Waals surface area contributed by atoms with E-state index in [4.69, 9.17) is 4.74 Å². The lowest BCUT2D eigenvalue weighted by atomic mass is 9.85. The van der Waals surface area contributed by atoms with Crippen LogP contribution < -0.4 is 4.74 Å². The Kier molecular flexibility index (Phi) is 4.70. The molecular weight excluding hydrogens is 272 g/mol. The van der Waals surface area contributed by atoms with E-state index in [0.717, 1.165) is 16.7 Å². The fourth-order valence-electron chi connectivity index (χ4n) is 2.47. The largest absolute Gasteiger partial charge is 0.497 e. The van der Waals surface area contributed by atoms with Crippen LogP contribution in [0, 0.1) is 0 Å². The van der Waals surface area contributed by atoms with Crippen molar-refractivity contribution in [1.82, 2.24) is 0 Å². The zero-order valence-electron chi connectivity index (χ0n) is 14.1. The van der Waals surface area contributed by atoms with E-state index in [9.17, 15) is 4.79 Å². The number of ketones is 1. The van der Waals surface area contributed by atoms with E-state index >= 15 is 0 Å². The number of carbonyl (C=O) groups excluding carboxylic acids is 1. The fraction of sp³-hybridized carbons (Fsp3) is 0.350. The van der Waals surface area contributed by atoms with Gasteiger partial charge < -0.3 is 4.74 Å². The van der Waals surface area contributed by atoms with Gasteiger partial charge in [0, 0.05) is 12.0 Å². The molecule has 0 saturated heterocycles. The third-order valence-corrected chi connectivity index (χ3v) is 3.91.